The minimum atomic E-state index is -4.56. The number of aromatic nitrogens is 1. The Morgan fingerprint density at radius 2 is 1.57 bits per heavy atom. The number of halogens is 7. The second-order valence-corrected chi connectivity index (χ2v) is 13.9. The van der Waals surface area contributed by atoms with Gasteiger partial charge in [0.15, 0.2) is 0 Å². The fourth-order valence-corrected chi connectivity index (χ4v) is 7.88. The molecule has 6 nitrogen and oxygen atoms in total. The summed E-state index contributed by atoms with van der Waals surface area (Å²) >= 11 is 0. The van der Waals surface area contributed by atoms with E-state index in [1.54, 1.807) is 0 Å². The van der Waals surface area contributed by atoms with Gasteiger partial charge in [0, 0.05) is 56.7 Å². The molecule has 0 amide bonds. The third kappa shape index (κ3) is 9.31. The fraction of sp³-hybridized carbons (Fsp3) is 0.314. The molecule has 0 unspecified atom stereocenters. The predicted molar refractivity (Wildman–Crippen MR) is 168 cm³/mol. The van der Waals surface area contributed by atoms with Gasteiger partial charge >= 0.3 is 6.18 Å². The van der Waals surface area contributed by atoms with E-state index in [4.69, 9.17) is 0 Å². The van der Waals surface area contributed by atoms with E-state index in [2.05, 4.69) is 10.3 Å². The quantitative estimate of drug-likeness (QED) is 0.165. The SMILES string of the molecule is O=C(Cc1cncc(F)c1CC[C@H]1CNCCN1S(=O)(=O)Cc1ccc(C(F)(F)F)cc1)C[C@@H](c1ccc(F)cc1)c1cc(F)cc(F)c1. The smallest absolute Gasteiger partial charge is 0.314 e. The number of piperazine rings is 1. The second-order valence-electron chi connectivity index (χ2n) is 11.9. The van der Waals surface area contributed by atoms with Crippen LogP contribution in [-0.2, 0) is 39.6 Å². The van der Waals surface area contributed by atoms with Gasteiger partial charge in [0.25, 0.3) is 0 Å². The van der Waals surface area contributed by atoms with Crippen molar-refractivity contribution in [1.29, 1.82) is 0 Å². The van der Waals surface area contributed by atoms with Crippen LogP contribution < -0.4 is 5.32 Å². The summed E-state index contributed by atoms with van der Waals surface area (Å²) in [5, 5.41) is 3.12. The van der Waals surface area contributed by atoms with E-state index >= 15 is 4.39 Å². The first-order valence-electron chi connectivity index (χ1n) is 15.4. The van der Waals surface area contributed by atoms with E-state index < -0.39 is 68.5 Å². The minimum absolute atomic E-state index is 0.0338. The lowest BCUT2D eigenvalue weighted by Crippen LogP contribution is -2.53. The van der Waals surface area contributed by atoms with Gasteiger partial charge in [0.1, 0.15) is 29.1 Å². The van der Waals surface area contributed by atoms with Crippen molar-refractivity contribution < 1.29 is 43.9 Å². The number of alkyl halides is 3. The summed E-state index contributed by atoms with van der Waals surface area (Å²) in [5.41, 5.74) is 0.319. The largest absolute Gasteiger partial charge is 0.416 e. The number of sulfonamides is 1. The maximum atomic E-state index is 15.2. The van der Waals surface area contributed by atoms with Crippen molar-refractivity contribution >= 4 is 15.8 Å². The van der Waals surface area contributed by atoms with E-state index in [1.807, 2.05) is 0 Å². The number of hydrogen-bond acceptors (Lipinski definition) is 5. The molecule has 49 heavy (non-hydrogen) atoms. The van der Waals surface area contributed by atoms with Crippen molar-refractivity contribution in [3.8, 4) is 0 Å². The Hall–Kier alpha value is -4.14. The average molecular weight is 708 g/mol. The van der Waals surface area contributed by atoms with Crippen molar-refractivity contribution in [3.05, 3.63) is 136 Å². The summed E-state index contributed by atoms with van der Waals surface area (Å²) in [6, 6.07) is 11.3. The van der Waals surface area contributed by atoms with Crippen LogP contribution in [0.25, 0.3) is 0 Å². The minimum Gasteiger partial charge on any atom is -0.314 e. The first-order chi connectivity index (χ1) is 23.2. The van der Waals surface area contributed by atoms with Gasteiger partial charge in [-0.1, -0.05) is 24.3 Å². The monoisotopic (exact) mass is 707 g/mol. The Morgan fingerprint density at radius 3 is 2.22 bits per heavy atom. The Bertz CT molecular complexity index is 1870. The maximum Gasteiger partial charge on any atom is 0.416 e. The number of nitrogens with zero attached hydrogens (tertiary/aromatic N) is 2. The Balaban J connectivity index is 1.31. The van der Waals surface area contributed by atoms with Crippen LogP contribution in [0.15, 0.2) is 79.1 Å². The van der Waals surface area contributed by atoms with E-state index in [1.165, 1.54) is 34.8 Å². The molecule has 0 saturated carbocycles. The van der Waals surface area contributed by atoms with E-state index in [-0.39, 0.29) is 61.0 Å². The van der Waals surface area contributed by atoms with Crippen LogP contribution in [0.5, 0.6) is 0 Å². The normalized spacial score (nSPS) is 16.4. The summed E-state index contributed by atoms with van der Waals surface area (Å²) < 4.78 is 124. The molecule has 1 aliphatic heterocycles. The summed E-state index contributed by atoms with van der Waals surface area (Å²) in [6.45, 7) is 0.691. The van der Waals surface area contributed by atoms with Crippen molar-refractivity contribution in [1.82, 2.24) is 14.6 Å². The van der Waals surface area contributed by atoms with Crippen LogP contribution in [0.1, 0.15) is 52.1 Å². The molecule has 260 valence electrons. The summed E-state index contributed by atoms with van der Waals surface area (Å²) in [5.74, 6) is -4.69. The first kappa shape index (κ1) is 36.1. The molecule has 1 N–H and O–H groups in total. The van der Waals surface area contributed by atoms with Gasteiger partial charge in [-0.3, -0.25) is 9.78 Å². The third-order valence-electron chi connectivity index (χ3n) is 8.48. The lowest BCUT2D eigenvalue weighted by molar-refractivity contribution is -0.137. The molecule has 0 bridgehead atoms. The highest BCUT2D eigenvalue weighted by molar-refractivity contribution is 7.88. The molecule has 1 saturated heterocycles. The van der Waals surface area contributed by atoms with Gasteiger partial charge in [0.05, 0.1) is 17.5 Å². The maximum absolute atomic E-state index is 15.2. The third-order valence-corrected chi connectivity index (χ3v) is 10.4. The number of carbonyl (C=O) groups excluding carboxylic acids is 1. The zero-order valence-electron chi connectivity index (χ0n) is 26.0. The van der Waals surface area contributed by atoms with E-state index in [0.29, 0.717) is 18.2 Å². The molecule has 2 heterocycles. The van der Waals surface area contributed by atoms with E-state index in [9.17, 15) is 39.6 Å². The fourth-order valence-electron chi connectivity index (χ4n) is 6.10. The molecule has 2 atom stereocenters. The molecule has 1 aromatic heterocycles. The van der Waals surface area contributed by atoms with Gasteiger partial charge in [0.2, 0.25) is 10.0 Å². The van der Waals surface area contributed by atoms with Gasteiger partial charge in [-0.25, -0.2) is 26.0 Å². The Morgan fingerprint density at radius 1 is 0.898 bits per heavy atom. The van der Waals surface area contributed by atoms with Crippen LogP contribution in [0, 0.1) is 23.3 Å². The zero-order valence-corrected chi connectivity index (χ0v) is 26.8. The van der Waals surface area contributed by atoms with Gasteiger partial charge < -0.3 is 5.32 Å². The number of ketones is 1. The highest BCUT2D eigenvalue weighted by Gasteiger charge is 2.34. The molecular formula is C35H32F7N3O3S. The second kappa shape index (κ2) is 15.2. The first-order valence-corrected chi connectivity index (χ1v) is 17.0. The lowest BCUT2D eigenvalue weighted by Gasteiger charge is -2.35. The number of benzene rings is 3. The summed E-state index contributed by atoms with van der Waals surface area (Å²) in [7, 11) is -3.98. The average Bonchev–Trinajstić information content (AvgIpc) is 3.03. The standard InChI is InChI=1S/C35H32F7N3O3S/c36-27-7-3-23(4-8-27)33(24-13-28(37)16-29(38)14-24)17-31(46)15-25-18-44-20-34(39)32(25)10-9-30-19-43-11-12-45(30)49(47,48)21-22-1-5-26(6-2-22)35(40,41)42/h1-8,13-14,16,18,20,30,33,43H,9-12,15,17,19,21H2/t30-,33-/m0/s1. The molecular weight excluding hydrogens is 675 g/mol. The molecule has 1 aliphatic rings. The number of nitrogens with one attached hydrogen (secondary N) is 1. The van der Waals surface area contributed by atoms with Gasteiger partial charge in [-0.05, 0) is 77.1 Å². The molecule has 0 spiro atoms. The molecule has 0 aliphatic carbocycles. The number of pyridine rings is 1. The number of hydrogen-bond donors (Lipinski definition) is 1. The highest BCUT2D eigenvalue weighted by Crippen LogP contribution is 2.32. The topological polar surface area (TPSA) is 79.4 Å². The zero-order chi connectivity index (χ0) is 35.3. The summed E-state index contributed by atoms with van der Waals surface area (Å²) in [4.78, 5) is 17.3. The Labute approximate surface area is 279 Å². The number of Topliss-reactive ketones (excluding diaryl/α,β-unsaturated/α-hetero) is 1. The summed E-state index contributed by atoms with van der Waals surface area (Å²) in [6.07, 6.45) is -2.57. The Kier molecular flexibility index (Phi) is 11.2. The van der Waals surface area contributed by atoms with Crippen LogP contribution in [0.4, 0.5) is 30.7 Å². The highest BCUT2D eigenvalue weighted by atomic mass is 32.2. The van der Waals surface area contributed by atoms with Gasteiger partial charge in [-0.2, -0.15) is 17.5 Å². The van der Waals surface area contributed by atoms with Crippen LogP contribution in [0.3, 0.4) is 0 Å². The molecule has 5 rings (SSSR count). The van der Waals surface area contributed by atoms with Crippen molar-refractivity contribution in [3.63, 3.8) is 0 Å². The molecule has 1 fully saturated rings. The van der Waals surface area contributed by atoms with Crippen LogP contribution in [-0.4, -0.2) is 49.2 Å². The van der Waals surface area contributed by atoms with Crippen LogP contribution in [0.2, 0.25) is 0 Å². The lowest BCUT2D eigenvalue weighted by atomic mass is 9.85. The number of carbonyl (C=O) groups is 1. The van der Waals surface area contributed by atoms with Gasteiger partial charge in [-0.15, -0.1) is 0 Å². The molecule has 4 aromatic rings. The number of rotatable bonds is 12. The van der Waals surface area contributed by atoms with Crippen LogP contribution >= 0.6 is 0 Å². The molecule has 3 aromatic carbocycles. The molecule has 0 radical (unpaired) electrons. The predicted octanol–water partition coefficient (Wildman–Crippen LogP) is 6.73. The molecule has 14 heteroatoms. The van der Waals surface area contributed by atoms with Crippen molar-refractivity contribution in [2.75, 3.05) is 19.6 Å². The van der Waals surface area contributed by atoms with E-state index in [0.717, 1.165) is 42.6 Å². The van der Waals surface area contributed by atoms with Crippen molar-refractivity contribution in [2.24, 2.45) is 0 Å². The van der Waals surface area contributed by atoms with Crippen molar-refractivity contribution in [2.45, 2.75) is 49.6 Å².